The molecule has 1 heterocycles. The molecule has 0 amide bonds. The van der Waals surface area contributed by atoms with E-state index in [4.69, 9.17) is 4.42 Å². The minimum absolute atomic E-state index is 0.137. The fourth-order valence-electron chi connectivity index (χ4n) is 0.558. The second kappa shape index (κ2) is 3.37. The van der Waals surface area contributed by atoms with Crippen molar-refractivity contribution < 1.29 is 9.21 Å². The summed E-state index contributed by atoms with van der Waals surface area (Å²) in [5, 5.41) is 0. The molecule has 1 rings (SSSR count). The zero-order valence-corrected chi connectivity index (χ0v) is 6.67. The lowest BCUT2D eigenvalue weighted by Crippen LogP contribution is -1.88. The molecule has 0 atom stereocenters. The van der Waals surface area contributed by atoms with E-state index < -0.39 is 0 Å². The predicted molar refractivity (Wildman–Crippen MR) is 41.1 cm³/mol. The first-order valence-electron chi connectivity index (χ1n) is 2.69. The number of rotatable bonds is 2. The van der Waals surface area contributed by atoms with Gasteiger partial charge in [-0.2, -0.15) is 0 Å². The largest absolute Gasteiger partial charge is 0.461 e. The number of furan rings is 1. The smallest absolute Gasteiger partial charge is 0.221 e. The minimum atomic E-state index is -0.137. The van der Waals surface area contributed by atoms with E-state index in [2.05, 4.69) is 15.9 Å². The molecule has 1 aromatic rings. The summed E-state index contributed by atoms with van der Waals surface area (Å²) >= 11 is 2.99. The summed E-state index contributed by atoms with van der Waals surface area (Å²) in [7, 11) is 0. The molecule has 0 aromatic carbocycles. The molecule has 0 unspecified atom stereocenters. The first-order valence-corrected chi connectivity index (χ1v) is 3.61. The molecule has 52 valence electrons. The van der Waals surface area contributed by atoms with Gasteiger partial charge in [0.1, 0.15) is 0 Å². The van der Waals surface area contributed by atoms with Crippen LogP contribution in [0.15, 0.2) is 33.9 Å². The van der Waals surface area contributed by atoms with Gasteiger partial charge in [-0.3, -0.25) is 4.79 Å². The average Bonchev–Trinajstić information content (AvgIpc) is 2.38. The van der Waals surface area contributed by atoms with Gasteiger partial charge >= 0.3 is 0 Å². The lowest BCUT2D eigenvalue weighted by molar-refractivity contribution is 0.102. The van der Waals surface area contributed by atoms with Crippen LogP contribution in [0.3, 0.4) is 0 Å². The van der Waals surface area contributed by atoms with E-state index in [-0.39, 0.29) is 5.78 Å². The molecule has 10 heavy (non-hydrogen) atoms. The molecular weight excluding hydrogens is 196 g/mol. The van der Waals surface area contributed by atoms with Crippen LogP contribution in [0, 0.1) is 0 Å². The van der Waals surface area contributed by atoms with Crippen molar-refractivity contribution in [1.82, 2.24) is 0 Å². The predicted octanol–water partition coefficient (Wildman–Crippen LogP) is 2.37. The van der Waals surface area contributed by atoms with Gasteiger partial charge in [0.05, 0.1) is 6.26 Å². The van der Waals surface area contributed by atoms with E-state index in [1.807, 2.05) is 0 Å². The molecule has 0 bridgehead atoms. The molecule has 0 aliphatic carbocycles. The number of ketones is 1. The lowest BCUT2D eigenvalue weighted by Gasteiger charge is -1.83. The third-order valence-corrected chi connectivity index (χ3v) is 1.24. The molecule has 0 aliphatic heterocycles. The Hall–Kier alpha value is -0.830. The fourth-order valence-corrected chi connectivity index (χ4v) is 0.798. The van der Waals surface area contributed by atoms with E-state index >= 15 is 0 Å². The third kappa shape index (κ3) is 1.57. The highest BCUT2D eigenvalue weighted by atomic mass is 79.9. The maximum absolute atomic E-state index is 10.9. The molecule has 0 radical (unpaired) electrons. The fraction of sp³-hybridized carbons (Fsp3) is 0. The summed E-state index contributed by atoms with van der Waals surface area (Å²) in [6.07, 6.45) is 2.86. The maximum Gasteiger partial charge on any atom is 0.221 e. The van der Waals surface area contributed by atoms with Gasteiger partial charge in [-0.05, 0) is 23.2 Å². The van der Waals surface area contributed by atoms with E-state index in [0.717, 1.165) is 0 Å². The summed E-state index contributed by atoms with van der Waals surface area (Å²) < 4.78 is 4.83. The van der Waals surface area contributed by atoms with Gasteiger partial charge in [0, 0.05) is 0 Å². The molecule has 0 aliphatic rings. The first kappa shape index (κ1) is 7.28. The highest BCUT2D eigenvalue weighted by molar-refractivity contribution is 9.11. The van der Waals surface area contributed by atoms with Crippen molar-refractivity contribution in [3.63, 3.8) is 0 Å². The monoisotopic (exact) mass is 200 g/mol. The molecule has 3 heteroatoms. The zero-order valence-electron chi connectivity index (χ0n) is 5.08. The van der Waals surface area contributed by atoms with Crippen molar-refractivity contribution in [2.45, 2.75) is 0 Å². The molecule has 0 fully saturated rings. The van der Waals surface area contributed by atoms with E-state index in [9.17, 15) is 4.79 Å². The highest BCUT2D eigenvalue weighted by Gasteiger charge is 2.01. The van der Waals surface area contributed by atoms with E-state index in [1.54, 1.807) is 12.1 Å². The quantitative estimate of drug-likeness (QED) is 0.543. The Morgan fingerprint density at radius 2 is 2.50 bits per heavy atom. The van der Waals surface area contributed by atoms with Gasteiger partial charge in [0.15, 0.2) is 5.76 Å². The average molecular weight is 201 g/mol. The van der Waals surface area contributed by atoms with Gasteiger partial charge < -0.3 is 4.42 Å². The minimum Gasteiger partial charge on any atom is -0.461 e. The lowest BCUT2D eigenvalue weighted by atomic mass is 10.3. The van der Waals surface area contributed by atoms with Gasteiger partial charge in [-0.25, -0.2) is 0 Å². The van der Waals surface area contributed by atoms with Crippen molar-refractivity contribution in [3.8, 4) is 0 Å². The van der Waals surface area contributed by atoms with Crippen molar-refractivity contribution in [3.05, 3.63) is 35.2 Å². The second-order valence-electron chi connectivity index (χ2n) is 1.63. The van der Waals surface area contributed by atoms with Crippen molar-refractivity contribution in [1.29, 1.82) is 0 Å². The number of allylic oxidation sites excluding steroid dienone is 1. The summed E-state index contributed by atoms with van der Waals surface area (Å²) in [6, 6.07) is 3.30. The molecule has 2 nitrogen and oxygen atoms in total. The van der Waals surface area contributed by atoms with Gasteiger partial charge in [-0.15, -0.1) is 0 Å². The molecule has 1 aromatic heterocycles. The van der Waals surface area contributed by atoms with Crippen molar-refractivity contribution in [2.24, 2.45) is 0 Å². The molecule has 0 saturated carbocycles. The van der Waals surface area contributed by atoms with Crippen LogP contribution in [-0.2, 0) is 0 Å². The summed E-state index contributed by atoms with van der Waals surface area (Å²) in [5.41, 5.74) is 0. The second-order valence-corrected chi connectivity index (χ2v) is 2.16. The normalized spacial score (nSPS) is 10.5. The number of carbonyl (C=O) groups excluding carboxylic acids is 1. The SMILES string of the molecule is O=C(C=CBr)c1ccco1. The summed E-state index contributed by atoms with van der Waals surface area (Å²) in [5.74, 6) is 0.220. The summed E-state index contributed by atoms with van der Waals surface area (Å²) in [4.78, 5) is 12.4. The van der Waals surface area contributed by atoms with Gasteiger partial charge in [-0.1, -0.05) is 15.9 Å². The topological polar surface area (TPSA) is 30.2 Å². The number of carbonyl (C=O) groups is 1. The molecule has 0 saturated heterocycles. The van der Waals surface area contributed by atoms with Crippen LogP contribution in [0.25, 0.3) is 0 Å². The Balaban J connectivity index is 2.78. The van der Waals surface area contributed by atoms with Crippen LogP contribution in [-0.4, -0.2) is 5.78 Å². The van der Waals surface area contributed by atoms with E-state index in [1.165, 1.54) is 17.3 Å². The Labute approximate surface area is 66.7 Å². The number of halogens is 1. The van der Waals surface area contributed by atoms with Crippen molar-refractivity contribution >= 4 is 21.7 Å². The van der Waals surface area contributed by atoms with Crippen LogP contribution in [0.4, 0.5) is 0 Å². The molecule has 0 spiro atoms. The van der Waals surface area contributed by atoms with Crippen LogP contribution in [0.1, 0.15) is 10.6 Å². The number of hydrogen-bond donors (Lipinski definition) is 0. The Morgan fingerprint density at radius 1 is 1.70 bits per heavy atom. The van der Waals surface area contributed by atoms with E-state index in [0.29, 0.717) is 5.76 Å². The summed E-state index contributed by atoms with van der Waals surface area (Å²) in [6.45, 7) is 0. The third-order valence-electron chi connectivity index (χ3n) is 0.978. The van der Waals surface area contributed by atoms with Crippen LogP contribution in [0.2, 0.25) is 0 Å². The van der Waals surface area contributed by atoms with Crippen LogP contribution >= 0.6 is 15.9 Å². The van der Waals surface area contributed by atoms with Gasteiger partial charge in [0.25, 0.3) is 0 Å². The highest BCUT2D eigenvalue weighted by Crippen LogP contribution is 2.02. The zero-order chi connectivity index (χ0) is 7.40. The molecule has 0 N–H and O–H groups in total. The Kier molecular flexibility index (Phi) is 2.45. The van der Waals surface area contributed by atoms with Gasteiger partial charge in [0.2, 0.25) is 5.78 Å². The van der Waals surface area contributed by atoms with Crippen molar-refractivity contribution in [2.75, 3.05) is 0 Å². The number of hydrogen-bond acceptors (Lipinski definition) is 2. The standard InChI is InChI=1S/C7H5BrO2/c8-4-3-6(9)7-2-1-5-10-7/h1-5H. The van der Waals surface area contributed by atoms with Crippen LogP contribution in [0.5, 0.6) is 0 Å². The first-order chi connectivity index (χ1) is 4.84. The Bertz CT molecular complexity index is 236. The Morgan fingerprint density at radius 3 is 3.00 bits per heavy atom. The van der Waals surface area contributed by atoms with Crippen LogP contribution < -0.4 is 0 Å². The molecular formula is C7H5BrO2. The maximum atomic E-state index is 10.9.